The predicted octanol–water partition coefficient (Wildman–Crippen LogP) is 13.4. The molecule has 10 aromatic rings. The first-order valence-electron chi connectivity index (χ1n) is 24.6. The van der Waals surface area contributed by atoms with Crippen LogP contribution in [0.25, 0.3) is 51.4 Å². The minimum absolute atomic E-state index is 0.421. The van der Waals surface area contributed by atoms with Gasteiger partial charge < -0.3 is 33.7 Å². The van der Waals surface area contributed by atoms with Crippen LogP contribution in [0.4, 0.5) is 28.4 Å². The van der Waals surface area contributed by atoms with E-state index >= 15 is 0 Å². The molecule has 11 heteroatoms. The second-order valence-corrected chi connectivity index (χ2v) is 18.3. The maximum Gasteiger partial charge on any atom is 0.250 e. The molecule has 74 heavy (non-hydrogen) atoms. The van der Waals surface area contributed by atoms with Crippen LogP contribution in [0.15, 0.2) is 209 Å². The lowest BCUT2D eigenvalue weighted by molar-refractivity contribution is -0.567. The smallest absolute Gasteiger partial charge is 0.250 e. The van der Waals surface area contributed by atoms with Gasteiger partial charge in [0, 0.05) is 76.6 Å². The number of hydrogen-bond acceptors (Lipinski definition) is 6. The number of rotatable bonds is 23. The number of benzene rings is 7. The van der Waals surface area contributed by atoms with E-state index in [0.717, 1.165) is 89.2 Å². The Labute approximate surface area is 432 Å². The number of aromatic nitrogens is 5. The standard InChI is InChI=1S/C63H61N7O4/c1-6-47-9-11-48(12-10-47)38-69-62-29-22-54(64-61-28-19-52(42-74-46-68-34-32-66(8-3)44-68)35-58(61)53-20-13-49(14-21-53)39-71-4)36-59(62)60-37-57(27-30-63(60)69)70(55-23-15-50(16-24-55)40-72-5)56-25-17-51(18-26-56)41-73-45-67-33-31-65(7-2)43-67/h6-37,43-44,64H,1-3,38-42,45-46H2,4-5H3/q+2. The van der Waals surface area contributed by atoms with Gasteiger partial charge in [-0.05, 0) is 112 Å². The molecule has 11 nitrogen and oxygen atoms in total. The van der Waals surface area contributed by atoms with Crippen LogP contribution in [-0.2, 0) is 65.4 Å². The average Bonchev–Trinajstić information content (AvgIpc) is 4.19. The van der Waals surface area contributed by atoms with Gasteiger partial charge in [-0.3, -0.25) is 0 Å². The van der Waals surface area contributed by atoms with E-state index in [1.165, 1.54) is 5.56 Å². The molecule has 0 amide bonds. The fourth-order valence-electron chi connectivity index (χ4n) is 9.38. The molecule has 7 aromatic carbocycles. The van der Waals surface area contributed by atoms with Crippen LogP contribution in [0.1, 0.15) is 33.4 Å². The Morgan fingerprint density at radius 3 is 1.61 bits per heavy atom. The molecule has 3 heterocycles. The number of imidazole rings is 2. The third-order valence-corrected chi connectivity index (χ3v) is 13.2. The highest BCUT2D eigenvalue weighted by Crippen LogP contribution is 2.41. The highest BCUT2D eigenvalue weighted by Gasteiger charge is 2.19. The molecule has 10 rings (SSSR count). The molecule has 0 radical (unpaired) electrons. The van der Waals surface area contributed by atoms with Gasteiger partial charge in [-0.2, -0.15) is 0 Å². The number of fused-ring (bicyclic) bond motifs is 3. The van der Waals surface area contributed by atoms with E-state index < -0.39 is 0 Å². The zero-order valence-corrected chi connectivity index (χ0v) is 42.0. The molecule has 0 spiro atoms. The van der Waals surface area contributed by atoms with Gasteiger partial charge in [0.25, 0.3) is 0 Å². The van der Waals surface area contributed by atoms with Gasteiger partial charge in [-0.25, -0.2) is 18.3 Å². The first-order chi connectivity index (χ1) is 36.4. The van der Waals surface area contributed by atoms with Crippen molar-refractivity contribution in [2.75, 3.05) is 24.4 Å². The van der Waals surface area contributed by atoms with Crippen molar-refractivity contribution in [2.24, 2.45) is 0 Å². The van der Waals surface area contributed by atoms with Gasteiger partial charge in [0.05, 0.1) is 38.8 Å². The molecule has 1 N–H and O–H groups in total. The topological polar surface area (TPSA) is 74.7 Å². The van der Waals surface area contributed by atoms with Crippen LogP contribution in [0.2, 0.25) is 0 Å². The Kier molecular flexibility index (Phi) is 15.2. The van der Waals surface area contributed by atoms with Crippen molar-refractivity contribution >= 4 is 68.7 Å². The summed E-state index contributed by atoms with van der Waals surface area (Å²) in [6, 6.07) is 54.5. The highest BCUT2D eigenvalue weighted by molar-refractivity contribution is 6.11. The van der Waals surface area contributed by atoms with Crippen LogP contribution < -0.4 is 19.4 Å². The van der Waals surface area contributed by atoms with E-state index in [0.29, 0.717) is 46.4 Å². The number of methoxy groups -OCH3 is 2. The number of anilines is 5. The van der Waals surface area contributed by atoms with Crippen LogP contribution in [0.3, 0.4) is 0 Å². The van der Waals surface area contributed by atoms with Crippen molar-refractivity contribution < 1.29 is 28.1 Å². The summed E-state index contributed by atoms with van der Waals surface area (Å²) in [5.74, 6) is 0. The first-order valence-corrected chi connectivity index (χ1v) is 24.6. The molecular weight excluding hydrogens is 919 g/mol. The second kappa shape index (κ2) is 22.9. The van der Waals surface area contributed by atoms with E-state index in [9.17, 15) is 0 Å². The highest BCUT2D eigenvalue weighted by atomic mass is 16.5. The fourth-order valence-corrected chi connectivity index (χ4v) is 9.38. The molecular formula is C63H61N7O4+2. The molecule has 0 bridgehead atoms. The van der Waals surface area contributed by atoms with Gasteiger partial charge in [0.2, 0.25) is 12.7 Å². The van der Waals surface area contributed by atoms with Gasteiger partial charge in [0.15, 0.2) is 13.5 Å². The molecule has 0 saturated heterocycles. The van der Waals surface area contributed by atoms with Crippen LogP contribution in [0.5, 0.6) is 0 Å². The molecule has 0 atom stereocenters. The lowest BCUT2D eigenvalue weighted by atomic mass is 9.99. The van der Waals surface area contributed by atoms with E-state index in [1.807, 2.05) is 61.8 Å². The van der Waals surface area contributed by atoms with Crippen molar-refractivity contribution in [1.82, 2.24) is 13.7 Å². The maximum atomic E-state index is 6.20. The van der Waals surface area contributed by atoms with E-state index in [-0.39, 0.29) is 0 Å². The van der Waals surface area contributed by atoms with Crippen molar-refractivity contribution in [2.45, 2.75) is 46.4 Å². The third kappa shape index (κ3) is 11.2. The Morgan fingerprint density at radius 1 is 0.527 bits per heavy atom. The van der Waals surface area contributed by atoms with Crippen LogP contribution >= 0.6 is 0 Å². The van der Waals surface area contributed by atoms with Gasteiger partial charge in [0.1, 0.15) is 24.8 Å². The predicted molar refractivity (Wildman–Crippen MR) is 298 cm³/mol. The van der Waals surface area contributed by atoms with Crippen LogP contribution in [-0.4, -0.2) is 27.9 Å². The molecule has 0 fully saturated rings. The number of hydrogen-bond donors (Lipinski definition) is 1. The maximum absolute atomic E-state index is 6.20. The molecule has 370 valence electrons. The Balaban J connectivity index is 1.02. The fraction of sp³-hybridized carbons (Fsp3) is 0.143. The van der Waals surface area contributed by atoms with Crippen molar-refractivity contribution in [3.63, 3.8) is 0 Å². The summed E-state index contributed by atoms with van der Waals surface area (Å²) < 4.78 is 33.4. The van der Waals surface area contributed by atoms with Gasteiger partial charge in [-0.15, -0.1) is 0 Å². The first kappa shape index (κ1) is 49.0. The number of nitrogens with one attached hydrogen (secondary N) is 1. The second-order valence-electron chi connectivity index (χ2n) is 18.3. The summed E-state index contributed by atoms with van der Waals surface area (Å²) in [6.07, 6.45) is 17.1. The lowest BCUT2D eigenvalue weighted by Gasteiger charge is -2.26. The van der Waals surface area contributed by atoms with E-state index in [4.69, 9.17) is 18.9 Å². The normalized spacial score (nSPS) is 11.3. The molecule has 0 aliphatic carbocycles. The van der Waals surface area contributed by atoms with E-state index in [2.05, 4.69) is 186 Å². The minimum Gasteiger partial charge on any atom is -0.380 e. The van der Waals surface area contributed by atoms with Crippen molar-refractivity contribution in [3.05, 3.63) is 242 Å². The SMILES string of the molecule is C=Cc1ccc(Cn2c3ccc(Nc4ccc(COCn5cc[n+](C=C)c5)cc4-c4ccc(COC)cc4)cc3c3cc(N(c4ccc(COC)cc4)c4ccc(COCn5cc[n+](C=C)c5)cc4)ccc32)cc1. The summed E-state index contributed by atoms with van der Waals surface area (Å²) in [5.41, 5.74) is 16.1. The zero-order valence-electron chi connectivity index (χ0n) is 42.0. The Bertz CT molecular complexity index is 3540. The summed E-state index contributed by atoms with van der Waals surface area (Å²) in [5, 5.41) is 6.13. The largest absolute Gasteiger partial charge is 0.380 e. The minimum atomic E-state index is 0.421. The summed E-state index contributed by atoms with van der Waals surface area (Å²) in [6.45, 7) is 15.2. The Morgan fingerprint density at radius 2 is 1.04 bits per heavy atom. The lowest BCUT2D eigenvalue weighted by Crippen LogP contribution is -2.21. The van der Waals surface area contributed by atoms with E-state index in [1.54, 1.807) is 26.6 Å². The molecule has 0 unspecified atom stereocenters. The van der Waals surface area contributed by atoms with Gasteiger partial charge >= 0.3 is 0 Å². The zero-order chi connectivity index (χ0) is 50.8. The monoisotopic (exact) mass is 979 g/mol. The molecule has 0 aliphatic heterocycles. The van der Waals surface area contributed by atoms with Crippen molar-refractivity contribution in [3.8, 4) is 11.1 Å². The van der Waals surface area contributed by atoms with Crippen LogP contribution in [0, 0.1) is 0 Å². The van der Waals surface area contributed by atoms with Crippen molar-refractivity contribution in [1.29, 1.82) is 0 Å². The summed E-state index contributed by atoms with van der Waals surface area (Å²) in [4.78, 5) is 2.32. The molecule has 0 aliphatic rings. The number of ether oxygens (including phenoxy) is 4. The Hall–Kier alpha value is -8.58. The van der Waals surface area contributed by atoms with Gasteiger partial charge in [-0.1, -0.05) is 105 Å². The third-order valence-electron chi connectivity index (χ3n) is 13.2. The molecule has 0 saturated carbocycles. The number of nitrogens with zero attached hydrogens (tertiary/aromatic N) is 6. The summed E-state index contributed by atoms with van der Waals surface area (Å²) in [7, 11) is 3.45. The average molecular weight is 980 g/mol. The summed E-state index contributed by atoms with van der Waals surface area (Å²) >= 11 is 0. The quantitative estimate of drug-likeness (QED) is 0.0644. The molecule has 3 aromatic heterocycles.